The van der Waals surface area contributed by atoms with Gasteiger partial charge in [0.1, 0.15) is 17.0 Å². The molecule has 0 amide bonds. The van der Waals surface area contributed by atoms with Crippen molar-refractivity contribution in [2.75, 3.05) is 7.05 Å². The number of hydrogen-bond donors (Lipinski definition) is 2. The van der Waals surface area contributed by atoms with Gasteiger partial charge in [-0.05, 0) is 69.1 Å². The van der Waals surface area contributed by atoms with Gasteiger partial charge >= 0.3 is 0 Å². The van der Waals surface area contributed by atoms with Crippen LogP contribution < -0.4 is 5.73 Å². The van der Waals surface area contributed by atoms with Gasteiger partial charge in [0.25, 0.3) is 0 Å². The Hall–Kier alpha value is -2.90. The highest BCUT2D eigenvalue weighted by Crippen LogP contribution is 2.38. The van der Waals surface area contributed by atoms with Gasteiger partial charge in [-0.25, -0.2) is 9.97 Å². The first-order chi connectivity index (χ1) is 15.2. The van der Waals surface area contributed by atoms with E-state index in [1.54, 1.807) is 0 Å². The Bertz CT molecular complexity index is 1100. The highest BCUT2D eigenvalue weighted by Gasteiger charge is 2.27. The smallest absolute Gasteiger partial charge is 0.174 e. The van der Waals surface area contributed by atoms with Crippen molar-refractivity contribution in [2.45, 2.75) is 64.0 Å². The Kier molecular flexibility index (Phi) is 5.61. The van der Waals surface area contributed by atoms with E-state index in [4.69, 9.17) is 15.6 Å². The Balaban J connectivity index is 1.42. The van der Waals surface area contributed by atoms with E-state index in [0.29, 0.717) is 24.4 Å². The summed E-state index contributed by atoms with van der Waals surface area (Å²) in [6.45, 7) is 0.314. The zero-order valence-electron chi connectivity index (χ0n) is 18.1. The Labute approximate surface area is 182 Å². The van der Waals surface area contributed by atoms with E-state index in [1.807, 2.05) is 19.4 Å². The zero-order valence-corrected chi connectivity index (χ0v) is 18.1. The number of oxime groups is 1. The first-order valence-electron chi connectivity index (χ1n) is 11.4. The van der Waals surface area contributed by atoms with Crippen LogP contribution in [0.15, 0.2) is 28.6 Å². The zero-order chi connectivity index (χ0) is 21.2. The molecule has 3 aromatic heterocycles. The van der Waals surface area contributed by atoms with E-state index < -0.39 is 0 Å². The number of imidazole rings is 1. The minimum Gasteiger partial charge on any atom is -0.386 e. The number of amidine groups is 1. The van der Waals surface area contributed by atoms with E-state index >= 15 is 0 Å². The average molecular weight is 422 g/mol. The second kappa shape index (κ2) is 8.69. The van der Waals surface area contributed by atoms with Crippen molar-refractivity contribution < 1.29 is 4.84 Å². The summed E-state index contributed by atoms with van der Waals surface area (Å²) >= 11 is 0. The van der Waals surface area contributed by atoms with Crippen molar-refractivity contribution in [1.29, 1.82) is 0 Å². The van der Waals surface area contributed by atoms with Gasteiger partial charge in [-0.3, -0.25) is 0 Å². The second-order valence-electron chi connectivity index (χ2n) is 8.98. The van der Waals surface area contributed by atoms with Crippen molar-refractivity contribution >= 4 is 34.1 Å². The fourth-order valence-electron chi connectivity index (χ4n) is 4.86. The minimum absolute atomic E-state index is 0.314. The third-order valence-corrected chi connectivity index (χ3v) is 6.68. The third kappa shape index (κ3) is 4.29. The molecular formula is C23H31N7O. The number of nitrogens with zero attached hydrogens (tertiary/aromatic N) is 5. The van der Waals surface area contributed by atoms with Crippen molar-refractivity contribution in [1.82, 2.24) is 19.5 Å². The van der Waals surface area contributed by atoms with Gasteiger partial charge in [0.2, 0.25) is 0 Å². The molecule has 0 unspecified atom stereocenters. The normalized spacial score (nSPS) is 22.7. The standard InChI is InChI=1S/C23H31N7O/c1-25-10-8-15-4-6-17(7-5-15)30-21(14-31-29-20(24)12-16-2-3-16)28-19-13-27-23-18(22(19)30)9-11-26-23/h9-11,13,15-17H,2-8,12,14H2,1H3,(H2,24,29)(H,26,27)/b25-10-/t15-,17-. The highest BCUT2D eigenvalue weighted by molar-refractivity contribution is 6.01. The molecule has 3 N–H and O–H groups in total. The summed E-state index contributed by atoms with van der Waals surface area (Å²) in [7, 11) is 1.85. The summed E-state index contributed by atoms with van der Waals surface area (Å²) in [6.07, 6.45) is 14.9. The predicted molar refractivity (Wildman–Crippen MR) is 123 cm³/mol. The molecule has 0 radical (unpaired) electrons. The molecule has 0 saturated heterocycles. The van der Waals surface area contributed by atoms with Crippen LogP contribution in [0.25, 0.3) is 22.1 Å². The molecule has 31 heavy (non-hydrogen) atoms. The monoisotopic (exact) mass is 421 g/mol. The number of H-pyrrole nitrogens is 1. The van der Waals surface area contributed by atoms with Crippen LogP contribution in [0.4, 0.5) is 0 Å². The maximum atomic E-state index is 6.02. The maximum absolute atomic E-state index is 6.02. The number of aliphatic imine (C=N–C) groups is 1. The van der Waals surface area contributed by atoms with Gasteiger partial charge < -0.3 is 25.1 Å². The van der Waals surface area contributed by atoms with Crippen LogP contribution in [0.2, 0.25) is 0 Å². The molecule has 2 saturated carbocycles. The van der Waals surface area contributed by atoms with Gasteiger partial charge in [-0.15, -0.1) is 0 Å². The van der Waals surface area contributed by atoms with Crippen LogP contribution in [0.5, 0.6) is 0 Å². The third-order valence-electron chi connectivity index (χ3n) is 6.68. The lowest BCUT2D eigenvalue weighted by Crippen LogP contribution is -2.20. The predicted octanol–water partition coefficient (Wildman–Crippen LogP) is 4.32. The second-order valence-corrected chi connectivity index (χ2v) is 8.98. The van der Waals surface area contributed by atoms with Crippen molar-refractivity contribution in [3.05, 3.63) is 24.3 Å². The van der Waals surface area contributed by atoms with Crippen molar-refractivity contribution in [3.63, 3.8) is 0 Å². The maximum Gasteiger partial charge on any atom is 0.174 e. The highest BCUT2D eigenvalue weighted by atomic mass is 16.6. The molecule has 164 valence electrons. The fourth-order valence-corrected chi connectivity index (χ4v) is 4.86. The Morgan fingerprint density at radius 3 is 2.84 bits per heavy atom. The van der Waals surface area contributed by atoms with Crippen LogP contribution in [0.1, 0.15) is 63.2 Å². The Morgan fingerprint density at radius 2 is 2.06 bits per heavy atom. The molecule has 5 rings (SSSR count). The SMILES string of the molecule is C/N=C\C[C@H]1CC[C@H](n2c(CO/N=C(\N)CC3CC3)nc3cnc4[nH]ccc4c32)CC1. The van der Waals surface area contributed by atoms with E-state index in [0.717, 1.165) is 59.5 Å². The number of fused-ring (bicyclic) bond motifs is 3. The van der Waals surface area contributed by atoms with E-state index in [-0.39, 0.29) is 0 Å². The number of pyridine rings is 1. The molecule has 0 bridgehead atoms. The summed E-state index contributed by atoms with van der Waals surface area (Å²) in [6, 6.07) is 2.48. The number of nitrogens with one attached hydrogen (secondary N) is 1. The average Bonchev–Trinajstić information content (AvgIpc) is 3.32. The number of rotatable bonds is 8. The molecule has 3 heterocycles. The van der Waals surface area contributed by atoms with Crippen molar-refractivity contribution in [3.8, 4) is 0 Å². The molecule has 0 aromatic carbocycles. The van der Waals surface area contributed by atoms with Crippen LogP contribution in [0.3, 0.4) is 0 Å². The van der Waals surface area contributed by atoms with E-state index in [2.05, 4.69) is 37.0 Å². The lowest BCUT2D eigenvalue weighted by molar-refractivity contribution is 0.118. The molecular weight excluding hydrogens is 390 g/mol. The van der Waals surface area contributed by atoms with Gasteiger partial charge in [0.05, 0.1) is 11.7 Å². The van der Waals surface area contributed by atoms with Crippen LogP contribution >= 0.6 is 0 Å². The van der Waals surface area contributed by atoms with Crippen molar-refractivity contribution in [2.24, 2.45) is 27.7 Å². The summed E-state index contributed by atoms with van der Waals surface area (Å²) in [4.78, 5) is 22.5. The first-order valence-corrected chi connectivity index (χ1v) is 11.4. The van der Waals surface area contributed by atoms with Crippen LogP contribution in [-0.2, 0) is 11.4 Å². The van der Waals surface area contributed by atoms with Gasteiger partial charge in [-0.2, -0.15) is 0 Å². The minimum atomic E-state index is 0.314. The molecule has 8 nitrogen and oxygen atoms in total. The van der Waals surface area contributed by atoms with Gasteiger partial charge in [-0.1, -0.05) is 5.16 Å². The molecule has 0 aliphatic heterocycles. The number of aromatic amines is 1. The lowest BCUT2D eigenvalue weighted by atomic mass is 9.84. The topological polar surface area (TPSA) is 106 Å². The molecule has 0 spiro atoms. The summed E-state index contributed by atoms with van der Waals surface area (Å²) in [5.41, 5.74) is 8.95. The number of nitrogens with two attached hydrogens (primary N) is 1. The summed E-state index contributed by atoms with van der Waals surface area (Å²) in [5.74, 6) is 2.89. The molecule has 2 fully saturated rings. The quantitative estimate of drug-likeness (QED) is 0.321. The van der Waals surface area contributed by atoms with Gasteiger partial charge in [0.15, 0.2) is 12.4 Å². The van der Waals surface area contributed by atoms with E-state index in [9.17, 15) is 0 Å². The first kappa shape index (κ1) is 20.0. The van der Waals surface area contributed by atoms with E-state index in [1.165, 1.54) is 25.7 Å². The molecule has 3 aromatic rings. The largest absolute Gasteiger partial charge is 0.386 e. The lowest BCUT2D eigenvalue weighted by Gasteiger charge is -2.30. The number of aromatic nitrogens is 4. The molecule has 8 heteroatoms. The number of hydrogen-bond acceptors (Lipinski definition) is 5. The molecule has 2 aliphatic carbocycles. The van der Waals surface area contributed by atoms with Crippen LogP contribution in [0, 0.1) is 11.8 Å². The fraction of sp³-hybridized carbons (Fsp3) is 0.565. The molecule has 2 aliphatic rings. The summed E-state index contributed by atoms with van der Waals surface area (Å²) in [5, 5.41) is 5.26. The Morgan fingerprint density at radius 1 is 1.26 bits per heavy atom. The summed E-state index contributed by atoms with van der Waals surface area (Å²) < 4.78 is 2.38. The van der Waals surface area contributed by atoms with Crippen LogP contribution in [-0.4, -0.2) is 38.6 Å². The molecule has 0 atom stereocenters. The van der Waals surface area contributed by atoms with Gasteiger partial charge in [0, 0.05) is 31.1 Å².